The minimum atomic E-state index is -0.330. The minimum absolute atomic E-state index is 0.0149. The van der Waals surface area contributed by atoms with E-state index in [9.17, 15) is 4.79 Å². The van der Waals surface area contributed by atoms with Gasteiger partial charge in [-0.2, -0.15) is 12.6 Å². The van der Waals surface area contributed by atoms with Gasteiger partial charge in [0.15, 0.2) is 0 Å². The topological polar surface area (TPSA) is 20.3 Å². The number of rotatable bonds is 4. The Morgan fingerprint density at radius 2 is 1.70 bits per heavy atom. The third kappa shape index (κ3) is 3.64. The molecule has 2 nitrogen and oxygen atoms in total. The molecular weight excluding hydrogens is 266 g/mol. The van der Waals surface area contributed by atoms with Crippen molar-refractivity contribution in [3.8, 4) is 0 Å². The van der Waals surface area contributed by atoms with Crippen molar-refractivity contribution < 1.29 is 4.79 Å². The largest absolute Gasteiger partial charge is 0.315 e. The Morgan fingerprint density at radius 3 is 2.30 bits per heavy atom. The number of thiol groups is 1. The summed E-state index contributed by atoms with van der Waals surface area (Å²) in [4.78, 5) is 14.0. The van der Waals surface area contributed by atoms with E-state index in [0.29, 0.717) is 6.42 Å². The van der Waals surface area contributed by atoms with Crippen LogP contribution in [0.25, 0.3) is 0 Å². The number of amides is 1. The molecule has 0 spiro atoms. The van der Waals surface area contributed by atoms with E-state index in [1.54, 1.807) is 11.9 Å². The molecule has 0 saturated heterocycles. The maximum atomic E-state index is 12.4. The van der Waals surface area contributed by atoms with Gasteiger partial charge in [0.1, 0.15) is 0 Å². The van der Waals surface area contributed by atoms with Gasteiger partial charge in [0.25, 0.3) is 0 Å². The number of carbonyl (C=O) groups is 1. The molecule has 0 aliphatic rings. The van der Waals surface area contributed by atoms with Crippen LogP contribution in [0.1, 0.15) is 11.1 Å². The van der Waals surface area contributed by atoms with Crippen LogP contribution in [0.2, 0.25) is 0 Å². The van der Waals surface area contributed by atoms with Gasteiger partial charge < -0.3 is 4.90 Å². The van der Waals surface area contributed by atoms with Crippen molar-refractivity contribution >= 4 is 24.2 Å². The Kier molecular flexibility index (Phi) is 4.85. The highest BCUT2D eigenvalue weighted by molar-refractivity contribution is 7.81. The molecule has 1 amide bonds. The van der Waals surface area contributed by atoms with Crippen LogP contribution in [-0.2, 0) is 11.2 Å². The normalized spacial score (nSPS) is 11.9. The summed E-state index contributed by atoms with van der Waals surface area (Å²) in [7, 11) is 1.79. The molecule has 2 rings (SSSR count). The molecule has 1 unspecified atom stereocenters. The van der Waals surface area contributed by atoms with Crippen LogP contribution in [0.15, 0.2) is 54.6 Å². The second kappa shape index (κ2) is 6.62. The van der Waals surface area contributed by atoms with Crippen molar-refractivity contribution in [2.45, 2.75) is 18.6 Å². The summed E-state index contributed by atoms with van der Waals surface area (Å²) in [6.45, 7) is 2.03. The number of anilines is 1. The van der Waals surface area contributed by atoms with Crippen LogP contribution < -0.4 is 4.90 Å². The molecule has 0 radical (unpaired) electrons. The number of benzene rings is 2. The predicted octanol–water partition coefficient (Wildman–Crippen LogP) is 3.50. The van der Waals surface area contributed by atoms with Crippen molar-refractivity contribution in [3.63, 3.8) is 0 Å². The highest BCUT2D eigenvalue weighted by atomic mass is 32.1. The minimum Gasteiger partial charge on any atom is -0.315 e. The zero-order valence-electron chi connectivity index (χ0n) is 11.8. The molecular formula is C17H19NOS. The second-order valence-electron chi connectivity index (χ2n) is 4.94. The fourth-order valence-corrected chi connectivity index (χ4v) is 2.43. The summed E-state index contributed by atoms with van der Waals surface area (Å²) < 4.78 is 0. The Hall–Kier alpha value is -1.74. The first-order valence-corrected chi connectivity index (χ1v) is 7.16. The first-order chi connectivity index (χ1) is 9.58. The van der Waals surface area contributed by atoms with Crippen molar-refractivity contribution in [2.24, 2.45) is 0 Å². The third-order valence-electron chi connectivity index (χ3n) is 3.31. The number of hydrogen-bond acceptors (Lipinski definition) is 2. The molecule has 3 heteroatoms. The van der Waals surface area contributed by atoms with Gasteiger partial charge in [-0.15, -0.1) is 0 Å². The maximum Gasteiger partial charge on any atom is 0.239 e. The lowest BCUT2D eigenvalue weighted by Crippen LogP contribution is -2.34. The van der Waals surface area contributed by atoms with Crippen molar-refractivity contribution in [3.05, 3.63) is 65.7 Å². The summed E-state index contributed by atoms with van der Waals surface area (Å²) in [5, 5.41) is -0.330. The van der Waals surface area contributed by atoms with Crippen LogP contribution in [0.4, 0.5) is 5.69 Å². The highest BCUT2D eigenvalue weighted by Gasteiger charge is 2.19. The number of carbonyl (C=O) groups excluding carboxylic acids is 1. The van der Waals surface area contributed by atoms with E-state index in [0.717, 1.165) is 11.3 Å². The van der Waals surface area contributed by atoms with E-state index < -0.39 is 0 Å². The first kappa shape index (κ1) is 14.7. The Morgan fingerprint density at radius 1 is 1.10 bits per heavy atom. The monoisotopic (exact) mass is 285 g/mol. The molecule has 0 heterocycles. The second-order valence-corrected chi connectivity index (χ2v) is 5.56. The molecule has 0 bridgehead atoms. The quantitative estimate of drug-likeness (QED) is 0.853. The van der Waals surface area contributed by atoms with Gasteiger partial charge in [0.2, 0.25) is 5.91 Å². The van der Waals surface area contributed by atoms with E-state index in [-0.39, 0.29) is 11.2 Å². The van der Waals surface area contributed by atoms with Crippen molar-refractivity contribution in [1.82, 2.24) is 0 Å². The molecule has 104 valence electrons. The van der Waals surface area contributed by atoms with Gasteiger partial charge in [0.05, 0.1) is 5.25 Å². The van der Waals surface area contributed by atoms with E-state index in [1.807, 2.05) is 61.5 Å². The molecule has 0 fully saturated rings. The molecule has 0 aliphatic carbocycles. The molecule has 0 aromatic heterocycles. The number of aryl methyl sites for hydroxylation is 1. The fraction of sp³-hybridized carbons (Fsp3) is 0.235. The van der Waals surface area contributed by atoms with Gasteiger partial charge in [-0.1, -0.05) is 48.0 Å². The Bertz CT molecular complexity index is 565. The number of hydrogen-bond donors (Lipinski definition) is 1. The molecule has 0 aliphatic heterocycles. The zero-order chi connectivity index (χ0) is 14.5. The van der Waals surface area contributed by atoms with Gasteiger partial charge in [0, 0.05) is 12.7 Å². The molecule has 1 atom stereocenters. The zero-order valence-corrected chi connectivity index (χ0v) is 12.7. The lowest BCUT2D eigenvalue weighted by Gasteiger charge is -2.21. The molecule has 0 N–H and O–H groups in total. The van der Waals surface area contributed by atoms with Crippen LogP contribution in [0.5, 0.6) is 0 Å². The average molecular weight is 285 g/mol. The maximum absolute atomic E-state index is 12.4. The van der Waals surface area contributed by atoms with Crippen LogP contribution in [0.3, 0.4) is 0 Å². The van der Waals surface area contributed by atoms with Gasteiger partial charge >= 0.3 is 0 Å². The Labute approximate surface area is 125 Å². The third-order valence-corrected chi connectivity index (χ3v) is 3.71. The fourth-order valence-electron chi connectivity index (χ4n) is 2.04. The van der Waals surface area contributed by atoms with Crippen LogP contribution >= 0.6 is 12.6 Å². The average Bonchev–Trinajstić information content (AvgIpc) is 2.47. The van der Waals surface area contributed by atoms with Crippen LogP contribution in [-0.4, -0.2) is 18.2 Å². The summed E-state index contributed by atoms with van der Waals surface area (Å²) in [5.41, 5.74) is 3.20. The van der Waals surface area contributed by atoms with Gasteiger partial charge in [-0.05, 0) is 31.0 Å². The first-order valence-electron chi connectivity index (χ1n) is 6.64. The SMILES string of the molecule is Cc1ccc(N(C)C(=O)C(S)Cc2ccccc2)cc1. The van der Waals surface area contributed by atoms with Gasteiger partial charge in [-0.25, -0.2) is 0 Å². The molecule has 2 aromatic carbocycles. The van der Waals surface area contributed by atoms with Crippen molar-refractivity contribution in [1.29, 1.82) is 0 Å². The summed E-state index contributed by atoms with van der Waals surface area (Å²) >= 11 is 4.46. The summed E-state index contributed by atoms with van der Waals surface area (Å²) in [6, 6.07) is 17.9. The highest BCUT2D eigenvalue weighted by Crippen LogP contribution is 2.17. The van der Waals surface area contributed by atoms with Crippen LogP contribution in [0, 0.1) is 6.92 Å². The lowest BCUT2D eigenvalue weighted by atomic mass is 10.1. The smallest absolute Gasteiger partial charge is 0.239 e. The summed E-state index contributed by atoms with van der Waals surface area (Å²) in [6.07, 6.45) is 0.638. The lowest BCUT2D eigenvalue weighted by molar-refractivity contribution is -0.117. The number of nitrogens with zero attached hydrogens (tertiary/aromatic N) is 1. The van der Waals surface area contributed by atoms with E-state index >= 15 is 0 Å². The predicted molar refractivity (Wildman–Crippen MR) is 87.5 cm³/mol. The Balaban J connectivity index is 2.04. The summed E-state index contributed by atoms with van der Waals surface area (Å²) in [5.74, 6) is 0.0149. The molecule has 2 aromatic rings. The molecule has 20 heavy (non-hydrogen) atoms. The van der Waals surface area contributed by atoms with E-state index in [1.165, 1.54) is 5.56 Å². The van der Waals surface area contributed by atoms with E-state index in [4.69, 9.17) is 0 Å². The molecule has 0 saturated carbocycles. The van der Waals surface area contributed by atoms with Crippen molar-refractivity contribution in [2.75, 3.05) is 11.9 Å². The standard InChI is InChI=1S/C17H19NOS/c1-13-8-10-15(11-9-13)18(2)17(19)16(20)12-14-6-4-3-5-7-14/h3-11,16,20H,12H2,1-2H3. The van der Waals surface area contributed by atoms with Gasteiger partial charge in [-0.3, -0.25) is 4.79 Å². The van der Waals surface area contributed by atoms with E-state index in [2.05, 4.69) is 12.6 Å².